The molecule has 1 N–H and O–H groups in total. The smallest absolute Gasteiger partial charge is 0.305 e. The lowest BCUT2D eigenvalue weighted by Gasteiger charge is -2.36. The topological polar surface area (TPSA) is 70.2 Å². The van der Waals surface area contributed by atoms with Gasteiger partial charge < -0.3 is 4.98 Å². The molecule has 0 spiro atoms. The number of halogens is 1. The number of nitrogens with one attached hydrogen (secondary N) is 1. The van der Waals surface area contributed by atoms with Gasteiger partial charge in [-0.15, -0.1) is 0 Å². The fraction of sp³-hybridized carbons (Fsp3) is 0.312. The summed E-state index contributed by atoms with van der Waals surface area (Å²) in [5, 5.41) is 0.212. The first-order valence-corrected chi connectivity index (χ1v) is 9.83. The molecule has 2 aliphatic heterocycles. The maximum atomic E-state index is 13.1. The third-order valence-corrected chi connectivity index (χ3v) is 7.71. The second-order valence-corrected chi connectivity index (χ2v) is 9.45. The van der Waals surface area contributed by atoms with Crippen LogP contribution in [0.4, 0.5) is 5.69 Å². The Morgan fingerprint density at radius 2 is 1.79 bits per heavy atom. The SMILES string of the molecule is CC1(C)c2sc(=O)[nH]c2S[C@@H]2C(=O)N(c3ccc(Br)cc3)C(=O)[C@H]21. The van der Waals surface area contributed by atoms with Crippen LogP contribution in [0.2, 0.25) is 0 Å². The van der Waals surface area contributed by atoms with Crippen LogP contribution in [0.25, 0.3) is 0 Å². The van der Waals surface area contributed by atoms with Crippen LogP contribution in [0.5, 0.6) is 0 Å². The van der Waals surface area contributed by atoms with E-state index in [1.807, 2.05) is 26.0 Å². The number of carbonyl (C=O) groups excluding carboxylic acids is 2. The van der Waals surface area contributed by atoms with Crippen molar-refractivity contribution in [3.05, 3.63) is 43.3 Å². The van der Waals surface area contributed by atoms with Gasteiger partial charge in [-0.05, 0) is 24.3 Å². The van der Waals surface area contributed by atoms with Gasteiger partial charge in [0.05, 0.1) is 16.6 Å². The maximum absolute atomic E-state index is 13.1. The number of thiazole rings is 1. The normalized spacial score (nSPS) is 24.9. The molecule has 5 nitrogen and oxygen atoms in total. The second kappa shape index (κ2) is 5.31. The number of nitrogens with zero attached hydrogens (tertiary/aromatic N) is 1. The van der Waals surface area contributed by atoms with E-state index in [0.717, 1.165) is 25.7 Å². The number of aromatic nitrogens is 1. The number of carbonyl (C=O) groups is 2. The van der Waals surface area contributed by atoms with Crippen LogP contribution >= 0.6 is 39.0 Å². The summed E-state index contributed by atoms with van der Waals surface area (Å²) in [5.74, 6) is -0.892. The number of fused-ring (bicyclic) bond motifs is 2. The first-order valence-electron chi connectivity index (χ1n) is 7.34. The quantitative estimate of drug-likeness (QED) is 0.713. The highest BCUT2D eigenvalue weighted by molar-refractivity contribution is 9.10. The Balaban J connectivity index is 1.81. The molecule has 1 aromatic carbocycles. The van der Waals surface area contributed by atoms with Crippen molar-refractivity contribution in [2.45, 2.75) is 29.5 Å². The van der Waals surface area contributed by atoms with Crippen LogP contribution in [-0.2, 0) is 15.0 Å². The van der Waals surface area contributed by atoms with Gasteiger partial charge in [0.1, 0.15) is 5.25 Å². The number of H-pyrrole nitrogens is 1. The van der Waals surface area contributed by atoms with Gasteiger partial charge in [0.2, 0.25) is 11.8 Å². The number of benzene rings is 1. The Hall–Kier alpha value is -1.38. The van der Waals surface area contributed by atoms with Crippen molar-refractivity contribution >= 4 is 56.5 Å². The molecule has 1 aromatic heterocycles. The Morgan fingerprint density at radius 3 is 2.46 bits per heavy atom. The molecule has 2 aliphatic rings. The number of amides is 2. The van der Waals surface area contributed by atoms with Gasteiger partial charge in [-0.3, -0.25) is 14.4 Å². The standard InChI is InChI=1S/C16H13BrN2O3S2/c1-16(2)9-10(23-12-11(16)24-15(22)18-12)14(21)19(13(9)20)8-5-3-7(17)4-6-8/h3-6,9-10H,1-2H3,(H,18,22)/t9-,10-/m0/s1. The summed E-state index contributed by atoms with van der Waals surface area (Å²) in [6.07, 6.45) is 0. The summed E-state index contributed by atoms with van der Waals surface area (Å²) in [5.41, 5.74) is 0.0159. The van der Waals surface area contributed by atoms with E-state index < -0.39 is 16.6 Å². The van der Waals surface area contributed by atoms with Gasteiger partial charge in [0.25, 0.3) is 0 Å². The fourth-order valence-electron chi connectivity index (χ4n) is 3.39. The van der Waals surface area contributed by atoms with Crippen molar-refractivity contribution in [2.24, 2.45) is 5.92 Å². The molecule has 1 fully saturated rings. The lowest BCUT2D eigenvalue weighted by atomic mass is 9.76. The second-order valence-electron chi connectivity index (χ2n) is 6.40. The van der Waals surface area contributed by atoms with E-state index in [1.165, 1.54) is 16.7 Å². The summed E-state index contributed by atoms with van der Waals surface area (Å²) in [7, 11) is 0. The summed E-state index contributed by atoms with van der Waals surface area (Å²) >= 11 is 5.79. The molecule has 4 rings (SSSR count). The van der Waals surface area contributed by atoms with Crippen LogP contribution in [0.15, 0.2) is 38.6 Å². The minimum Gasteiger partial charge on any atom is -0.307 e. The molecule has 3 heterocycles. The van der Waals surface area contributed by atoms with Crippen LogP contribution in [0, 0.1) is 5.92 Å². The highest BCUT2D eigenvalue weighted by Gasteiger charge is 2.59. The molecule has 0 aliphatic carbocycles. The van der Waals surface area contributed by atoms with E-state index in [-0.39, 0.29) is 16.7 Å². The Kier molecular flexibility index (Phi) is 3.56. The van der Waals surface area contributed by atoms with E-state index in [2.05, 4.69) is 20.9 Å². The molecule has 0 radical (unpaired) electrons. The lowest BCUT2D eigenvalue weighted by molar-refractivity contribution is -0.123. The predicted octanol–water partition coefficient (Wildman–Crippen LogP) is 3.14. The van der Waals surface area contributed by atoms with Crippen molar-refractivity contribution in [1.29, 1.82) is 0 Å². The number of hydrogen-bond acceptors (Lipinski definition) is 5. The number of rotatable bonds is 1. The van der Waals surface area contributed by atoms with Gasteiger partial charge in [-0.1, -0.05) is 52.9 Å². The maximum Gasteiger partial charge on any atom is 0.305 e. The van der Waals surface area contributed by atoms with Crippen molar-refractivity contribution < 1.29 is 9.59 Å². The highest BCUT2D eigenvalue weighted by Crippen LogP contribution is 2.53. The number of anilines is 1. The Labute approximate surface area is 154 Å². The summed E-state index contributed by atoms with van der Waals surface area (Å²) in [6, 6.07) is 7.13. The van der Waals surface area contributed by atoms with Gasteiger partial charge in [0, 0.05) is 14.8 Å². The van der Waals surface area contributed by atoms with E-state index in [9.17, 15) is 14.4 Å². The average Bonchev–Trinajstić information content (AvgIpc) is 3.00. The lowest BCUT2D eigenvalue weighted by Crippen LogP contribution is -2.41. The number of aromatic amines is 1. The molecule has 2 aromatic rings. The number of thioether (sulfide) groups is 1. The van der Waals surface area contributed by atoms with Crippen molar-refractivity contribution in [2.75, 3.05) is 4.90 Å². The molecular formula is C16H13BrN2O3S2. The highest BCUT2D eigenvalue weighted by atomic mass is 79.9. The molecule has 124 valence electrons. The third-order valence-electron chi connectivity index (χ3n) is 4.56. The molecule has 2 atom stereocenters. The predicted molar refractivity (Wildman–Crippen MR) is 97.7 cm³/mol. The van der Waals surface area contributed by atoms with E-state index >= 15 is 0 Å². The van der Waals surface area contributed by atoms with Crippen LogP contribution < -0.4 is 9.77 Å². The van der Waals surface area contributed by atoms with Crippen LogP contribution in [-0.4, -0.2) is 22.0 Å². The zero-order valence-electron chi connectivity index (χ0n) is 12.8. The monoisotopic (exact) mass is 424 g/mol. The van der Waals surface area contributed by atoms with Gasteiger partial charge in [-0.2, -0.15) is 0 Å². The van der Waals surface area contributed by atoms with Gasteiger partial charge in [-0.25, -0.2) is 4.90 Å². The third kappa shape index (κ3) is 2.16. The van der Waals surface area contributed by atoms with Crippen molar-refractivity contribution in [3.63, 3.8) is 0 Å². The average molecular weight is 425 g/mol. The first kappa shape index (κ1) is 16.1. The molecule has 0 bridgehead atoms. The Morgan fingerprint density at radius 1 is 1.12 bits per heavy atom. The van der Waals surface area contributed by atoms with Gasteiger partial charge >= 0.3 is 4.87 Å². The molecule has 8 heteroatoms. The van der Waals surface area contributed by atoms with Crippen molar-refractivity contribution in [1.82, 2.24) is 4.98 Å². The summed E-state index contributed by atoms with van der Waals surface area (Å²) in [4.78, 5) is 42.5. The van der Waals surface area contributed by atoms with Crippen molar-refractivity contribution in [3.8, 4) is 0 Å². The first-order chi connectivity index (χ1) is 11.3. The number of imide groups is 1. The minimum atomic E-state index is -0.564. The Bertz CT molecular complexity index is 916. The largest absolute Gasteiger partial charge is 0.307 e. The van der Waals surface area contributed by atoms with Crippen LogP contribution in [0.3, 0.4) is 0 Å². The van der Waals surface area contributed by atoms with E-state index in [4.69, 9.17) is 0 Å². The molecule has 1 saturated heterocycles. The molecule has 0 saturated carbocycles. The van der Waals surface area contributed by atoms with E-state index in [1.54, 1.807) is 12.1 Å². The zero-order valence-corrected chi connectivity index (χ0v) is 16.0. The van der Waals surface area contributed by atoms with Gasteiger partial charge in [0.15, 0.2) is 0 Å². The van der Waals surface area contributed by atoms with E-state index in [0.29, 0.717) is 5.69 Å². The molecule has 2 amide bonds. The summed E-state index contributed by atoms with van der Waals surface area (Å²) < 4.78 is 0.886. The fourth-order valence-corrected chi connectivity index (χ4v) is 6.43. The molecule has 0 unspecified atom stereocenters. The van der Waals surface area contributed by atoms with Crippen LogP contribution in [0.1, 0.15) is 18.7 Å². The zero-order chi connectivity index (χ0) is 17.2. The summed E-state index contributed by atoms with van der Waals surface area (Å²) in [6.45, 7) is 3.87. The minimum absolute atomic E-state index is 0.148. The molecular weight excluding hydrogens is 412 g/mol. The number of hydrogen-bond donors (Lipinski definition) is 1. The molecule has 24 heavy (non-hydrogen) atoms.